The Labute approximate surface area is 92.8 Å². The van der Waals surface area contributed by atoms with E-state index in [2.05, 4.69) is 4.90 Å². The number of carbonyl (C=O) groups is 1. The maximum atomic E-state index is 10.1. The highest BCUT2D eigenvalue weighted by molar-refractivity contribution is 5.48. The molecular weight excluding hydrogens is 190 g/mol. The molecule has 1 aliphatic rings. The Morgan fingerprint density at radius 1 is 1.00 bits per heavy atom. The van der Waals surface area contributed by atoms with Crippen LogP contribution in [0.1, 0.15) is 38.5 Å². The number of nitrogens with zero attached hydrogens (tertiary/aromatic N) is 1. The molecule has 0 spiro atoms. The lowest BCUT2D eigenvalue weighted by Crippen LogP contribution is -2.36. The molecule has 1 fully saturated rings. The molecule has 0 amide bonds. The van der Waals surface area contributed by atoms with Gasteiger partial charge >= 0.3 is 0 Å². The second kappa shape index (κ2) is 8.86. The summed E-state index contributed by atoms with van der Waals surface area (Å²) in [5.74, 6) is 0. The molecule has 1 rings (SSSR count). The Balaban J connectivity index is 1.81. The topological polar surface area (TPSA) is 29.5 Å². The van der Waals surface area contributed by atoms with Gasteiger partial charge in [-0.2, -0.15) is 0 Å². The zero-order valence-electron chi connectivity index (χ0n) is 9.62. The summed E-state index contributed by atoms with van der Waals surface area (Å²) in [7, 11) is 0. The van der Waals surface area contributed by atoms with E-state index >= 15 is 0 Å². The van der Waals surface area contributed by atoms with Crippen molar-refractivity contribution in [2.45, 2.75) is 38.5 Å². The van der Waals surface area contributed by atoms with E-state index in [4.69, 9.17) is 4.74 Å². The van der Waals surface area contributed by atoms with Gasteiger partial charge in [0.15, 0.2) is 0 Å². The fourth-order valence-electron chi connectivity index (χ4n) is 1.92. The fraction of sp³-hybridized carbons (Fsp3) is 0.917. The van der Waals surface area contributed by atoms with Crippen LogP contribution in [-0.4, -0.2) is 44.0 Å². The Bertz CT molecular complexity index is 156. The van der Waals surface area contributed by atoms with Gasteiger partial charge in [0.1, 0.15) is 6.29 Å². The van der Waals surface area contributed by atoms with Crippen LogP contribution >= 0.6 is 0 Å². The second-order valence-corrected chi connectivity index (χ2v) is 4.18. The molecule has 1 heterocycles. The molecule has 15 heavy (non-hydrogen) atoms. The third-order valence-electron chi connectivity index (χ3n) is 2.90. The third kappa shape index (κ3) is 6.63. The third-order valence-corrected chi connectivity index (χ3v) is 2.90. The Morgan fingerprint density at radius 3 is 2.40 bits per heavy atom. The normalized spacial score (nSPS) is 17.9. The van der Waals surface area contributed by atoms with Crippen LogP contribution in [0.5, 0.6) is 0 Å². The van der Waals surface area contributed by atoms with E-state index in [-0.39, 0.29) is 0 Å². The highest BCUT2D eigenvalue weighted by Crippen LogP contribution is 2.06. The largest absolute Gasteiger partial charge is 0.379 e. The average Bonchev–Trinajstić information content (AvgIpc) is 2.29. The molecule has 3 nitrogen and oxygen atoms in total. The van der Waals surface area contributed by atoms with Crippen LogP contribution in [0.2, 0.25) is 0 Å². The van der Waals surface area contributed by atoms with Crippen molar-refractivity contribution in [3.05, 3.63) is 0 Å². The minimum absolute atomic E-state index is 0.740. The van der Waals surface area contributed by atoms with Gasteiger partial charge in [-0.1, -0.05) is 19.3 Å². The number of carbonyl (C=O) groups excluding carboxylic acids is 1. The van der Waals surface area contributed by atoms with Crippen molar-refractivity contribution in [3.63, 3.8) is 0 Å². The zero-order valence-corrected chi connectivity index (χ0v) is 9.62. The molecule has 0 saturated carbocycles. The predicted molar refractivity (Wildman–Crippen MR) is 61.0 cm³/mol. The number of rotatable bonds is 8. The maximum absolute atomic E-state index is 10.1. The van der Waals surface area contributed by atoms with Gasteiger partial charge < -0.3 is 9.53 Å². The first-order chi connectivity index (χ1) is 7.43. The highest BCUT2D eigenvalue weighted by Gasteiger charge is 2.08. The number of ether oxygens (including phenoxy) is 1. The molecule has 0 aromatic heterocycles. The van der Waals surface area contributed by atoms with Gasteiger partial charge in [-0.05, 0) is 19.4 Å². The molecule has 0 bridgehead atoms. The Morgan fingerprint density at radius 2 is 1.67 bits per heavy atom. The Hall–Kier alpha value is -0.410. The van der Waals surface area contributed by atoms with Gasteiger partial charge in [-0.3, -0.25) is 4.90 Å². The van der Waals surface area contributed by atoms with Gasteiger partial charge in [-0.15, -0.1) is 0 Å². The zero-order chi connectivity index (χ0) is 10.8. The molecule has 0 aromatic rings. The molecule has 88 valence electrons. The van der Waals surface area contributed by atoms with Crippen LogP contribution < -0.4 is 0 Å². The van der Waals surface area contributed by atoms with Crippen LogP contribution in [-0.2, 0) is 9.53 Å². The van der Waals surface area contributed by atoms with Crippen LogP contribution in [0.25, 0.3) is 0 Å². The van der Waals surface area contributed by atoms with Crippen molar-refractivity contribution in [3.8, 4) is 0 Å². The minimum Gasteiger partial charge on any atom is -0.379 e. The van der Waals surface area contributed by atoms with Crippen molar-refractivity contribution in [2.75, 3.05) is 32.8 Å². The second-order valence-electron chi connectivity index (χ2n) is 4.18. The number of hydrogen-bond donors (Lipinski definition) is 0. The van der Waals surface area contributed by atoms with Gasteiger partial charge in [0, 0.05) is 19.5 Å². The maximum Gasteiger partial charge on any atom is 0.119 e. The van der Waals surface area contributed by atoms with E-state index in [1.165, 1.54) is 32.2 Å². The minimum atomic E-state index is 0.740. The molecular formula is C12H23NO2. The molecule has 1 saturated heterocycles. The van der Waals surface area contributed by atoms with Gasteiger partial charge in [0.25, 0.3) is 0 Å². The monoisotopic (exact) mass is 213 g/mol. The van der Waals surface area contributed by atoms with Crippen molar-refractivity contribution >= 4 is 6.29 Å². The van der Waals surface area contributed by atoms with E-state index in [1.807, 2.05) is 0 Å². The summed E-state index contributed by atoms with van der Waals surface area (Å²) in [6, 6.07) is 0. The first kappa shape index (κ1) is 12.7. The van der Waals surface area contributed by atoms with Crippen molar-refractivity contribution in [1.29, 1.82) is 0 Å². The molecule has 0 aliphatic carbocycles. The average molecular weight is 213 g/mol. The summed E-state index contributed by atoms with van der Waals surface area (Å²) in [4.78, 5) is 12.6. The van der Waals surface area contributed by atoms with E-state index < -0.39 is 0 Å². The first-order valence-corrected chi connectivity index (χ1v) is 6.17. The van der Waals surface area contributed by atoms with Crippen molar-refractivity contribution in [1.82, 2.24) is 4.90 Å². The lowest BCUT2D eigenvalue weighted by atomic mass is 10.1. The molecule has 0 aromatic carbocycles. The summed E-state index contributed by atoms with van der Waals surface area (Å²) < 4.78 is 5.30. The summed E-state index contributed by atoms with van der Waals surface area (Å²) in [5, 5.41) is 0. The van der Waals surface area contributed by atoms with Crippen LogP contribution in [0, 0.1) is 0 Å². The molecule has 0 radical (unpaired) electrons. The molecule has 3 heteroatoms. The number of unbranched alkanes of at least 4 members (excludes halogenated alkanes) is 5. The number of hydrogen-bond acceptors (Lipinski definition) is 3. The highest BCUT2D eigenvalue weighted by atomic mass is 16.5. The van der Waals surface area contributed by atoms with E-state index in [0.29, 0.717) is 0 Å². The van der Waals surface area contributed by atoms with E-state index in [0.717, 1.165) is 45.4 Å². The van der Waals surface area contributed by atoms with Crippen LogP contribution in [0.3, 0.4) is 0 Å². The molecule has 0 N–H and O–H groups in total. The molecule has 0 atom stereocenters. The van der Waals surface area contributed by atoms with Gasteiger partial charge in [0.2, 0.25) is 0 Å². The van der Waals surface area contributed by atoms with Crippen molar-refractivity contribution in [2.24, 2.45) is 0 Å². The summed E-state index contributed by atoms with van der Waals surface area (Å²) in [6.07, 6.45) is 7.91. The summed E-state index contributed by atoms with van der Waals surface area (Å²) in [5.41, 5.74) is 0. The number of aldehydes is 1. The van der Waals surface area contributed by atoms with E-state index in [1.54, 1.807) is 0 Å². The molecule has 0 unspecified atom stereocenters. The Kier molecular flexibility index (Phi) is 7.48. The van der Waals surface area contributed by atoms with Crippen LogP contribution in [0.15, 0.2) is 0 Å². The SMILES string of the molecule is O=CCCCCCCCN1CCOCC1. The van der Waals surface area contributed by atoms with Gasteiger partial charge in [-0.25, -0.2) is 0 Å². The summed E-state index contributed by atoms with van der Waals surface area (Å²) >= 11 is 0. The quantitative estimate of drug-likeness (QED) is 0.455. The smallest absolute Gasteiger partial charge is 0.119 e. The van der Waals surface area contributed by atoms with Crippen LogP contribution in [0.4, 0.5) is 0 Å². The molecule has 1 aliphatic heterocycles. The fourth-order valence-corrected chi connectivity index (χ4v) is 1.92. The van der Waals surface area contributed by atoms with Crippen molar-refractivity contribution < 1.29 is 9.53 Å². The summed E-state index contributed by atoms with van der Waals surface area (Å²) in [6.45, 7) is 5.23. The van der Waals surface area contributed by atoms with E-state index in [9.17, 15) is 4.79 Å². The lowest BCUT2D eigenvalue weighted by Gasteiger charge is -2.26. The van der Waals surface area contributed by atoms with Gasteiger partial charge in [0.05, 0.1) is 13.2 Å². The standard InChI is InChI=1S/C12H23NO2/c14-10-6-4-2-1-3-5-7-13-8-11-15-12-9-13/h10H,1-9,11-12H2. The lowest BCUT2D eigenvalue weighted by molar-refractivity contribution is -0.107. The predicted octanol–water partition coefficient (Wildman–Crippen LogP) is 1.86. The first-order valence-electron chi connectivity index (χ1n) is 6.17. The number of morpholine rings is 1.